The molecule has 0 spiro atoms. The number of anilines is 2. The molecule has 0 atom stereocenters. The van der Waals surface area contributed by atoms with Crippen LogP contribution < -0.4 is 10.6 Å². The monoisotopic (exact) mass is 816 g/mol. The lowest BCUT2D eigenvalue weighted by molar-refractivity contribution is -0.143. The lowest BCUT2D eigenvalue weighted by Crippen LogP contribution is -2.42. The number of ether oxygens (including phenoxy) is 1. The normalized spacial score (nSPS) is 20.5. The predicted octanol–water partition coefficient (Wildman–Crippen LogP) is 6.81. The number of aromatic nitrogens is 4. The van der Waals surface area contributed by atoms with E-state index in [0.29, 0.717) is 69.2 Å². The van der Waals surface area contributed by atoms with Crippen LogP contribution in [0.5, 0.6) is 0 Å². The fourth-order valence-corrected chi connectivity index (χ4v) is 9.73. The third-order valence-electron chi connectivity index (χ3n) is 12.6. The Balaban J connectivity index is 0.921. The van der Waals surface area contributed by atoms with Gasteiger partial charge in [0.2, 0.25) is 0 Å². The standard InChI is InChI=1S/C42H50Cl2N8O5/c1-49-34-14-19-51(18-13-25-9-11-26(12-10-25)42(55)56)23-32(34)45-38(49)40(53)47-30-7-3-5-28(36(30)43)29-6-4-8-31(37(29)44)48-41(54)39-46-33-24-52(20-15-35(33)50(39)2)27-16-21-57-22-17-27/h3-8,25-27H,9-24H2,1-2H3,(H,47,53)(H,48,54)(H,55,56). The summed E-state index contributed by atoms with van der Waals surface area (Å²) in [5.41, 5.74) is 6.00. The minimum absolute atomic E-state index is 0.198. The van der Waals surface area contributed by atoms with E-state index in [4.69, 9.17) is 37.9 Å². The van der Waals surface area contributed by atoms with Gasteiger partial charge in [-0.15, -0.1) is 0 Å². The number of hydrogen-bond donors (Lipinski definition) is 3. The number of carbonyl (C=O) groups is 3. The lowest BCUT2D eigenvalue weighted by atomic mass is 9.80. The summed E-state index contributed by atoms with van der Waals surface area (Å²) in [7, 11) is 3.76. The molecular formula is C42H50Cl2N8O5. The number of amides is 2. The summed E-state index contributed by atoms with van der Waals surface area (Å²) in [6.07, 6.45) is 8.13. The van der Waals surface area contributed by atoms with Crippen LogP contribution in [0.15, 0.2) is 36.4 Å². The molecule has 2 aromatic heterocycles. The highest BCUT2D eigenvalue weighted by atomic mass is 35.5. The highest BCUT2D eigenvalue weighted by Gasteiger charge is 2.31. The zero-order valence-electron chi connectivity index (χ0n) is 32.5. The van der Waals surface area contributed by atoms with E-state index in [1.807, 2.05) is 35.4 Å². The van der Waals surface area contributed by atoms with Gasteiger partial charge in [0, 0.05) is 94.9 Å². The summed E-state index contributed by atoms with van der Waals surface area (Å²) in [6, 6.07) is 11.2. The van der Waals surface area contributed by atoms with Gasteiger partial charge in [0.25, 0.3) is 11.8 Å². The van der Waals surface area contributed by atoms with E-state index in [1.165, 1.54) is 0 Å². The number of carbonyl (C=O) groups excluding carboxylic acids is 2. The molecule has 1 saturated heterocycles. The minimum Gasteiger partial charge on any atom is -0.481 e. The van der Waals surface area contributed by atoms with Crippen molar-refractivity contribution in [1.29, 1.82) is 0 Å². The number of imidazole rings is 2. The minimum atomic E-state index is -0.670. The van der Waals surface area contributed by atoms with Crippen LogP contribution in [0.2, 0.25) is 10.0 Å². The number of nitrogens with zero attached hydrogens (tertiary/aromatic N) is 6. The van der Waals surface area contributed by atoms with Crippen LogP contribution in [0.25, 0.3) is 11.1 Å². The van der Waals surface area contributed by atoms with E-state index < -0.39 is 5.97 Å². The molecule has 0 unspecified atom stereocenters. The first kappa shape index (κ1) is 39.6. The van der Waals surface area contributed by atoms with E-state index in [-0.39, 0.29) is 17.7 Å². The van der Waals surface area contributed by atoms with E-state index in [9.17, 15) is 19.5 Å². The molecule has 13 nitrogen and oxygen atoms in total. The molecule has 3 aliphatic heterocycles. The lowest BCUT2D eigenvalue weighted by Gasteiger charge is -2.36. The van der Waals surface area contributed by atoms with Crippen molar-refractivity contribution in [3.05, 3.63) is 80.9 Å². The quantitative estimate of drug-likeness (QED) is 0.157. The molecular weight excluding hydrogens is 767 g/mol. The molecule has 57 heavy (non-hydrogen) atoms. The Morgan fingerprint density at radius 2 is 1.32 bits per heavy atom. The Labute approximate surface area is 342 Å². The number of benzene rings is 2. The van der Waals surface area contributed by atoms with Crippen LogP contribution in [-0.4, -0.2) is 90.7 Å². The Hall–Kier alpha value is -4.27. The van der Waals surface area contributed by atoms with Gasteiger partial charge in [-0.05, 0) is 69.5 Å². The second-order valence-electron chi connectivity index (χ2n) is 16.0. The Kier molecular flexibility index (Phi) is 11.7. The molecule has 1 saturated carbocycles. The summed E-state index contributed by atoms with van der Waals surface area (Å²) in [4.78, 5) is 53.2. The molecule has 2 fully saturated rings. The molecule has 4 aliphatic rings. The van der Waals surface area contributed by atoms with Crippen LogP contribution >= 0.6 is 23.2 Å². The number of carboxylic acid groups (broad SMARTS) is 1. The average Bonchev–Trinajstić information content (AvgIpc) is 3.74. The van der Waals surface area contributed by atoms with Gasteiger partial charge in [-0.2, -0.15) is 0 Å². The van der Waals surface area contributed by atoms with Crippen molar-refractivity contribution in [2.45, 2.75) is 76.9 Å². The van der Waals surface area contributed by atoms with Crippen LogP contribution in [0.4, 0.5) is 11.4 Å². The molecule has 8 rings (SSSR count). The van der Waals surface area contributed by atoms with Gasteiger partial charge in [-0.25, -0.2) is 9.97 Å². The highest BCUT2D eigenvalue weighted by Crippen LogP contribution is 2.41. The number of nitrogens with one attached hydrogen (secondary N) is 2. The highest BCUT2D eigenvalue weighted by molar-refractivity contribution is 6.40. The van der Waals surface area contributed by atoms with Crippen molar-refractivity contribution < 1.29 is 24.2 Å². The number of rotatable bonds is 10. The van der Waals surface area contributed by atoms with E-state index in [1.54, 1.807) is 24.3 Å². The summed E-state index contributed by atoms with van der Waals surface area (Å²) < 4.78 is 9.32. The second kappa shape index (κ2) is 16.9. The summed E-state index contributed by atoms with van der Waals surface area (Å²) in [5.74, 6) is -0.392. The SMILES string of the molecule is Cn1c(C(=O)Nc2cccc(-c3cccc(NC(=O)c4nc5c(n4C)CCN(C4CCOCC4)C5)c3Cl)c2Cl)nc2c1CCN(CCC1CCC(C(=O)O)CC1)C2. The van der Waals surface area contributed by atoms with Crippen LogP contribution in [0.1, 0.15) is 89.0 Å². The molecule has 0 bridgehead atoms. The molecule has 3 N–H and O–H groups in total. The molecule has 302 valence electrons. The molecule has 4 aromatic rings. The maximum absolute atomic E-state index is 13.7. The van der Waals surface area contributed by atoms with E-state index >= 15 is 0 Å². The number of halogens is 2. The fraction of sp³-hybridized carbons (Fsp3) is 0.500. The molecule has 2 aromatic carbocycles. The first-order valence-electron chi connectivity index (χ1n) is 20.1. The maximum Gasteiger partial charge on any atom is 0.306 e. The van der Waals surface area contributed by atoms with Gasteiger partial charge in [-0.3, -0.25) is 24.2 Å². The predicted molar refractivity (Wildman–Crippen MR) is 219 cm³/mol. The Bertz CT molecular complexity index is 2170. The van der Waals surface area contributed by atoms with Gasteiger partial charge >= 0.3 is 5.97 Å². The van der Waals surface area contributed by atoms with Crippen molar-refractivity contribution in [3.63, 3.8) is 0 Å². The molecule has 1 aliphatic carbocycles. The molecule has 0 radical (unpaired) electrons. The Morgan fingerprint density at radius 3 is 1.88 bits per heavy atom. The summed E-state index contributed by atoms with van der Waals surface area (Å²) in [5, 5.41) is 15.9. The number of fused-ring (bicyclic) bond motifs is 2. The average molecular weight is 818 g/mol. The topological polar surface area (TPSA) is 147 Å². The van der Waals surface area contributed by atoms with Gasteiger partial charge < -0.3 is 29.6 Å². The van der Waals surface area contributed by atoms with Gasteiger partial charge in [0.1, 0.15) is 0 Å². The van der Waals surface area contributed by atoms with Gasteiger partial charge in [-0.1, -0.05) is 47.5 Å². The molecule has 15 heteroatoms. The van der Waals surface area contributed by atoms with Crippen LogP contribution in [-0.2, 0) is 49.6 Å². The first-order chi connectivity index (χ1) is 27.5. The van der Waals surface area contributed by atoms with Gasteiger partial charge in [0.05, 0.1) is 38.7 Å². The zero-order chi connectivity index (χ0) is 39.8. The third kappa shape index (κ3) is 8.22. The molecule has 2 amide bonds. The van der Waals surface area contributed by atoms with Crippen LogP contribution in [0.3, 0.4) is 0 Å². The second-order valence-corrected chi connectivity index (χ2v) is 16.7. The number of hydrogen-bond acceptors (Lipinski definition) is 8. The third-order valence-corrected chi connectivity index (χ3v) is 13.4. The Morgan fingerprint density at radius 1 is 0.772 bits per heavy atom. The van der Waals surface area contributed by atoms with Gasteiger partial charge in [0.15, 0.2) is 11.6 Å². The smallest absolute Gasteiger partial charge is 0.306 e. The maximum atomic E-state index is 13.7. The number of carboxylic acids is 1. The summed E-state index contributed by atoms with van der Waals surface area (Å²) >= 11 is 14.0. The van der Waals surface area contributed by atoms with Crippen molar-refractivity contribution in [2.24, 2.45) is 25.9 Å². The van der Waals surface area contributed by atoms with Crippen molar-refractivity contribution in [3.8, 4) is 11.1 Å². The van der Waals surface area contributed by atoms with Crippen molar-refractivity contribution in [2.75, 3.05) is 43.5 Å². The van der Waals surface area contributed by atoms with Crippen molar-refractivity contribution in [1.82, 2.24) is 28.9 Å². The fourth-order valence-electron chi connectivity index (χ4n) is 9.18. The summed E-state index contributed by atoms with van der Waals surface area (Å²) in [6.45, 7) is 5.68. The van der Waals surface area contributed by atoms with Crippen molar-refractivity contribution >= 4 is 52.4 Å². The van der Waals surface area contributed by atoms with Crippen LogP contribution in [0, 0.1) is 11.8 Å². The molecule has 5 heterocycles. The zero-order valence-corrected chi connectivity index (χ0v) is 34.0. The van der Waals surface area contributed by atoms with E-state index in [2.05, 4.69) is 20.4 Å². The largest absolute Gasteiger partial charge is 0.481 e. The first-order valence-corrected chi connectivity index (χ1v) is 20.9. The number of aliphatic carboxylic acids is 1. The van der Waals surface area contributed by atoms with E-state index in [0.717, 1.165) is 113 Å².